The van der Waals surface area contributed by atoms with Crippen molar-refractivity contribution >= 4 is 0 Å². The quantitative estimate of drug-likeness (QED) is 0.802. The van der Waals surface area contributed by atoms with Gasteiger partial charge in [0.2, 0.25) is 11.8 Å². The van der Waals surface area contributed by atoms with Crippen molar-refractivity contribution in [3.05, 3.63) is 48.2 Å². The monoisotopic (exact) mass is 220 g/mol. The first-order valence-electron chi connectivity index (χ1n) is 4.64. The Morgan fingerprint density at radius 3 is 2.81 bits per heavy atom. The van der Waals surface area contributed by atoms with Crippen molar-refractivity contribution in [1.29, 1.82) is 0 Å². The van der Waals surface area contributed by atoms with Gasteiger partial charge in [0.05, 0.1) is 12.7 Å². The second-order valence-corrected chi connectivity index (χ2v) is 3.05. The fourth-order valence-corrected chi connectivity index (χ4v) is 1.22. The van der Waals surface area contributed by atoms with Crippen molar-refractivity contribution < 1.29 is 14.2 Å². The molecule has 0 amide bonds. The van der Waals surface area contributed by atoms with Crippen molar-refractivity contribution in [2.24, 2.45) is 0 Å². The van der Waals surface area contributed by atoms with Gasteiger partial charge in [0.1, 0.15) is 12.1 Å². The molecule has 0 bridgehead atoms. The molecule has 0 atom stereocenters. The molecule has 82 valence electrons. The topological polar surface area (TPSA) is 55.2 Å². The molecule has 16 heavy (non-hydrogen) atoms. The van der Waals surface area contributed by atoms with Crippen LogP contribution in [-0.4, -0.2) is 15.1 Å². The molecule has 0 aliphatic rings. The number of aliphatic hydroxyl groups excluding tert-OH is 1. The number of aliphatic hydroxyl groups is 1. The second kappa shape index (κ2) is 4.67. The standard InChI is InChI=1S/C11H9FN2O2/c12-10-5-11(14-7-13-10)16-9-4-2-1-3-8(9)6-15/h1-5,7,15H,6H2. The molecular weight excluding hydrogens is 211 g/mol. The Morgan fingerprint density at radius 1 is 1.25 bits per heavy atom. The summed E-state index contributed by atoms with van der Waals surface area (Å²) in [6.07, 6.45) is 1.08. The number of nitrogens with zero attached hydrogens (tertiary/aromatic N) is 2. The first kappa shape index (κ1) is 10.5. The van der Waals surface area contributed by atoms with E-state index in [1.54, 1.807) is 24.3 Å². The van der Waals surface area contributed by atoms with Crippen molar-refractivity contribution in [3.8, 4) is 11.6 Å². The number of ether oxygens (including phenoxy) is 1. The number of aromatic nitrogens is 2. The maximum absolute atomic E-state index is 12.8. The molecule has 0 radical (unpaired) electrons. The summed E-state index contributed by atoms with van der Waals surface area (Å²) in [5, 5.41) is 9.06. The first-order valence-corrected chi connectivity index (χ1v) is 4.64. The van der Waals surface area contributed by atoms with Gasteiger partial charge in [-0.1, -0.05) is 18.2 Å². The lowest BCUT2D eigenvalue weighted by molar-refractivity contribution is 0.276. The van der Waals surface area contributed by atoms with Gasteiger partial charge in [-0.15, -0.1) is 0 Å². The van der Waals surface area contributed by atoms with E-state index in [9.17, 15) is 4.39 Å². The lowest BCUT2D eigenvalue weighted by Crippen LogP contribution is -1.94. The Hall–Kier alpha value is -2.01. The molecule has 0 saturated carbocycles. The zero-order valence-electron chi connectivity index (χ0n) is 8.30. The van der Waals surface area contributed by atoms with Gasteiger partial charge < -0.3 is 9.84 Å². The normalized spacial score (nSPS) is 10.1. The van der Waals surface area contributed by atoms with E-state index in [2.05, 4.69) is 9.97 Å². The minimum atomic E-state index is -0.661. The van der Waals surface area contributed by atoms with E-state index in [1.165, 1.54) is 0 Å². The van der Waals surface area contributed by atoms with Crippen molar-refractivity contribution in [1.82, 2.24) is 9.97 Å². The number of para-hydroxylation sites is 1. The van der Waals surface area contributed by atoms with Crippen LogP contribution < -0.4 is 4.74 Å². The largest absolute Gasteiger partial charge is 0.438 e. The van der Waals surface area contributed by atoms with Gasteiger partial charge in [0, 0.05) is 5.56 Å². The predicted molar refractivity (Wildman–Crippen MR) is 54.4 cm³/mol. The van der Waals surface area contributed by atoms with Gasteiger partial charge in [-0.05, 0) is 6.07 Å². The van der Waals surface area contributed by atoms with Crippen LogP contribution in [0.3, 0.4) is 0 Å². The molecule has 0 fully saturated rings. The Morgan fingerprint density at radius 2 is 2.06 bits per heavy atom. The second-order valence-electron chi connectivity index (χ2n) is 3.05. The van der Waals surface area contributed by atoms with Crippen LogP contribution in [-0.2, 0) is 6.61 Å². The van der Waals surface area contributed by atoms with Crippen molar-refractivity contribution in [2.45, 2.75) is 6.61 Å². The van der Waals surface area contributed by atoms with Crippen LogP contribution in [0.25, 0.3) is 0 Å². The number of halogens is 1. The Kier molecular flexibility index (Phi) is 3.07. The molecule has 5 heteroatoms. The maximum atomic E-state index is 12.8. The Balaban J connectivity index is 2.26. The third kappa shape index (κ3) is 2.32. The van der Waals surface area contributed by atoms with Gasteiger partial charge in [-0.2, -0.15) is 4.39 Å². The third-order valence-electron chi connectivity index (χ3n) is 1.97. The summed E-state index contributed by atoms with van der Waals surface area (Å²) in [4.78, 5) is 7.07. The molecule has 0 aliphatic carbocycles. The van der Waals surface area contributed by atoms with Crippen LogP contribution >= 0.6 is 0 Å². The molecule has 4 nitrogen and oxygen atoms in total. The van der Waals surface area contributed by atoms with Crippen LogP contribution in [0.5, 0.6) is 11.6 Å². The SMILES string of the molecule is OCc1ccccc1Oc1cc(F)ncn1. The summed E-state index contributed by atoms with van der Waals surface area (Å²) in [6.45, 7) is -0.149. The molecule has 2 aromatic rings. The molecule has 0 spiro atoms. The van der Waals surface area contributed by atoms with E-state index in [-0.39, 0.29) is 12.5 Å². The summed E-state index contributed by atoms with van der Waals surface area (Å²) in [5.74, 6) is -0.108. The highest BCUT2D eigenvalue weighted by Crippen LogP contribution is 2.23. The average Bonchev–Trinajstić information content (AvgIpc) is 2.30. The molecule has 0 aliphatic heterocycles. The average molecular weight is 220 g/mol. The molecular formula is C11H9FN2O2. The van der Waals surface area contributed by atoms with E-state index in [1.807, 2.05) is 0 Å². The highest BCUT2D eigenvalue weighted by atomic mass is 19.1. The number of hydrogen-bond acceptors (Lipinski definition) is 4. The summed E-state index contributed by atoms with van der Waals surface area (Å²) in [6, 6.07) is 8.00. The fourth-order valence-electron chi connectivity index (χ4n) is 1.22. The lowest BCUT2D eigenvalue weighted by Gasteiger charge is -2.07. The van der Waals surface area contributed by atoms with Gasteiger partial charge in [-0.25, -0.2) is 9.97 Å². The first-order chi connectivity index (χ1) is 7.79. The minimum Gasteiger partial charge on any atom is -0.438 e. The highest BCUT2D eigenvalue weighted by molar-refractivity contribution is 5.35. The van der Waals surface area contributed by atoms with Gasteiger partial charge in [0.15, 0.2) is 0 Å². The van der Waals surface area contributed by atoms with Gasteiger partial charge in [0.25, 0.3) is 0 Å². The van der Waals surface area contributed by atoms with E-state index < -0.39 is 5.95 Å². The van der Waals surface area contributed by atoms with E-state index in [4.69, 9.17) is 9.84 Å². The third-order valence-corrected chi connectivity index (χ3v) is 1.97. The molecule has 2 rings (SSSR count). The molecule has 1 aromatic heterocycles. The molecule has 1 heterocycles. The summed E-state index contributed by atoms with van der Waals surface area (Å²) < 4.78 is 18.1. The minimum absolute atomic E-state index is 0.105. The number of benzene rings is 1. The van der Waals surface area contributed by atoms with Gasteiger partial charge in [-0.3, -0.25) is 0 Å². The maximum Gasteiger partial charge on any atom is 0.225 e. The zero-order chi connectivity index (χ0) is 11.4. The number of hydrogen-bond donors (Lipinski definition) is 1. The van der Waals surface area contributed by atoms with Crippen LogP contribution in [0.1, 0.15) is 5.56 Å². The highest BCUT2D eigenvalue weighted by Gasteiger charge is 2.05. The Labute approximate surface area is 91.4 Å². The molecule has 0 saturated heterocycles. The van der Waals surface area contributed by atoms with Crippen LogP contribution in [0, 0.1) is 5.95 Å². The van der Waals surface area contributed by atoms with Gasteiger partial charge >= 0.3 is 0 Å². The van der Waals surface area contributed by atoms with Crippen LogP contribution in [0.4, 0.5) is 4.39 Å². The summed E-state index contributed by atoms with van der Waals surface area (Å²) in [5.41, 5.74) is 0.613. The molecule has 1 aromatic carbocycles. The van der Waals surface area contributed by atoms with E-state index in [0.29, 0.717) is 11.3 Å². The number of rotatable bonds is 3. The Bertz CT molecular complexity index is 491. The predicted octanol–water partition coefficient (Wildman–Crippen LogP) is 1.90. The fraction of sp³-hybridized carbons (Fsp3) is 0.0909. The lowest BCUT2D eigenvalue weighted by atomic mass is 10.2. The van der Waals surface area contributed by atoms with Crippen LogP contribution in [0.2, 0.25) is 0 Å². The van der Waals surface area contributed by atoms with Crippen LogP contribution in [0.15, 0.2) is 36.7 Å². The molecule has 0 unspecified atom stereocenters. The molecule has 1 N–H and O–H groups in total. The zero-order valence-corrected chi connectivity index (χ0v) is 8.30. The van der Waals surface area contributed by atoms with E-state index >= 15 is 0 Å². The smallest absolute Gasteiger partial charge is 0.225 e. The summed E-state index contributed by atoms with van der Waals surface area (Å²) in [7, 11) is 0. The summed E-state index contributed by atoms with van der Waals surface area (Å²) >= 11 is 0. The van der Waals surface area contributed by atoms with E-state index in [0.717, 1.165) is 12.4 Å². The van der Waals surface area contributed by atoms with Crippen molar-refractivity contribution in [3.63, 3.8) is 0 Å². The van der Waals surface area contributed by atoms with Crippen molar-refractivity contribution in [2.75, 3.05) is 0 Å².